The molecule has 0 amide bonds. The monoisotopic (exact) mass is 329 g/mol. The minimum atomic E-state index is -0.346. The number of ether oxygens (including phenoxy) is 1. The topological polar surface area (TPSA) is 67.6 Å². The van der Waals surface area contributed by atoms with Gasteiger partial charge in [-0.05, 0) is 25.5 Å². The predicted molar refractivity (Wildman–Crippen MR) is 91.0 cm³/mol. The maximum absolute atomic E-state index is 11.9. The molecular weight excluding hydrogens is 306 g/mol. The van der Waals surface area contributed by atoms with Crippen molar-refractivity contribution in [3.63, 3.8) is 0 Å². The van der Waals surface area contributed by atoms with Crippen LogP contribution in [-0.2, 0) is 17.8 Å². The molecule has 0 saturated carbocycles. The van der Waals surface area contributed by atoms with E-state index in [0.717, 1.165) is 24.3 Å². The molecule has 0 radical (unpaired) electrons. The van der Waals surface area contributed by atoms with Crippen LogP contribution in [0.4, 0.5) is 0 Å². The maximum Gasteiger partial charge on any atom is 0.223 e. The zero-order chi connectivity index (χ0) is 17.1. The Balaban J connectivity index is 1.86. The van der Waals surface area contributed by atoms with E-state index >= 15 is 0 Å². The number of aromatic nitrogens is 2. The van der Waals surface area contributed by atoms with Gasteiger partial charge in [-0.25, -0.2) is 0 Å². The van der Waals surface area contributed by atoms with Gasteiger partial charge in [0.15, 0.2) is 5.75 Å². The predicted octanol–water partition coefficient (Wildman–Crippen LogP) is 1.61. The van der Waals surface area contributed by atoms with Crippen molar-refractivity contribution >= 4 is 0 Å². The van der Waals surface area contributed by atoms with Crippen molar-refractivity contribution in [3.8, 4) is 5.75 Å². The lowest BCUT2D eigenvalue weighted by Gasteiger charge is -2.35. The molecule has 0 spiro atoms. The number of rotatable bonds is 4. The summed E-state index contributed by atoms with van der Waals surface area (Å²) in [5, 5.41) is 9.81. The van der Waals surface area contributed by atoms with Crippen LogP contribution in [0.1, 0.15) is 25.1 Å². The zero-order valence-corrected chi connectivity index (χ0v) is 14.1. The summed E-state index contributed by atoms with van der Waals surface area (Å²) in [6.07, 6.45) is 5.37. The van der Waals surface area contributed by atoms with Crippen molar-refractivity contribution in [2.75, 3.05) is 13.1 Å². The van der Waals surface area contributed by atoms with E-state index in [1.807, 2.05) is 16.7 Å². The van der Waals surface area contributed by atoms with Gasteiger partial charge in [0.2, 0.25) is 5.43 Å². The molecule has 2 aromatic heterocycles. The molecule has 1 aliphatic rings. The van der Waals surface area contributed by atoms with Crippen molar-refractivity contribution < 1.29 is 9.84 Å². The van der Waals surface area contributed by atoms with Crippen LogP contribution in [0, 0.1) is 0 Å². The van der Waals surface area contributed by atoms with E-state index in [9.17, 15) is 9.90 Å². The molecule has 1 aliphatic heterocycles. The van der Waals surface area contributed by atoms with Gasteiger partial charge in [0.1, 0.15) is 0 Å². The average Bonchev–Trinajstić information content (AvgIpc) is 2.52. The van der Waals surface area contributed by atoms with E-state index in [-0.39, 0.29) is 23.4 Å². The van der Waals surface area contributed by atoms with E-state index < -0.39 is 0 Å². The highest BCUT2D eigenvalue weighted by Gasteiger charge is 2.23. The van der Waals surface area contributed by atoms with E-state index in [4.69, 9.17) is 4.74 Å². The zero-order valence-electron chi connectivity index (χ0n) is 14.1. The standard InChI is InChI=1S/C18H23N3O3/c1-13-8-20(9-14(2)24-13)11-16-6-17(22)18(23)12-21(16)10-15-4-3-5-19-7-15/h3-7,12-14,23H,8-11H2,1-2H3. The van der Waals surface area contributed by atoms with Gasteiger partial charge in [0, 0.05) is 50.3 Å². The summed E-state index contributed by atoms with van der Waals surface area (Å²) in [6.45, 7) is 6.98. The summed E-state index contributed by atoms with van der Waals surface area (Å²) in [7, 11) is 0. The van der Waals surface area contributed by atoms with Crippen LogP contribution in [-0.4, -0.2) is 44.9 Å². The maximum atomic E-state index is 11.9. The minimum Gasteiger partial charge on any atom is -0.503 e. The van der Waals surface area contributed by atoms with Gasteiger partial charge in [-0.3, -0.25) is 14.7 Å². The van der Waals surface area contributed by atoms with Crippen LogP contribution in [0.2, 0.25) is 0 Å². The molecule has 3 heterocycles. The number of nitrogens with zero attached hydrogens (tertiary/aromatic N) is 3. The Kier molecular flexibility index (Phi) is 4.97. The molecule has 128 valence electrons. The average molecular weight is 329 g/mol. The largest absolute Gasteiger partial charge is 0.503 e. The van der Waals surface area contributed by atoms with Gasteiger partial charge in [-0.15, -0.1) is 0 Å². The van der Waals surface area contributed by atoms with Gasteiger partial charge in [-0.1, -0.05) is 6.07 Å². The van der Waals surface area contributed by atoms with Gasteiger partial charge >= 0.3 is 0 Å². The first-order chi connectivity index (χ1) is 11.5. The Morgan fingerprint density at radius 3 is 2.71 bits per heavy atom. The fourth-order valence-electron chi connectivity index (χ4n) is 3.22. The number of morpholine rings is 1. The lowest BCUT2D eigenvalue weighted by molar-refractivity contribution is -0.0710. The SMILES string of the molecule is CC1CN(Cc2cc(=O)c(O)cn2Cc2cccnc2)CC(C)O1. The summed E-state index contributed by atoms with van der Waals surface area (Å²) in [5.74, 6) is -0.230. The Labute approximate surface area is 141 Å². The smallest absolute Gasteiger partial charge is 0.223 e. The quantitative estimate of drug-likeness (QED) is 0.923. The van der Waals surface area contributed by atoms with Gasteiger partial charge in [0.05, 0.1) is 18.4 Å². The highest BCUT2D eigenvalue weighted by atomic mass is 16.5. The molecule has 2 unspecified atom stereocenters. The summed E-state index contributed by atoms with van der Waals surface area (Å²) in [5.41, 5.74) is 1.55. The summed E-state index contributed by atoms with van der Waals surface area (Å²) in [4.78, 5) is 18.3. The second kappa shape index (κ2) is 7.15. The van der Waals surface area contributed by atoms with Gasteiger partial charge in [-0.2, -0.15) is 0 Å². The molecule has 2 atom stereocenters. The van der Waals surface area contributed by atoms with Gasteiger partial charge in [0.25, 0.3) is 0 Å². The van der Waals surface area contributed by atoms with Gasteiger partial charge < -0.3 is 14.4 Å². The number of pyridine rings is 2. The highest BCUT2D eigenvalue weighted by molar-refractivity contribution is 5.22. The lowest BCUT2D eigenvalue weighted by atomic mass is 10.2. The Morgan fingerprint density at radius 1 is 1.29 bits per heavy atom. The first-order valence-electron chi connectivity index (χ1n) is 8.20. The third-order valence-corrected chi connectivity index (χ3v) is 4.15. The van der Waals surface area contributed by atoms with Crippen LogP contribution in [0.3, 0.4) is 0 Å². The molecule has 1 N–H and O–H groups in total. The van der Waals surface area contributed by atoms with Crippen molar-refractivity contribution in [2.24, 2.45) is 0 Å². The third-order valence-electron chi connectivity index (χ3n) is 4.15. The molecule has 3 rings (SSSR count). The Bertz CT molecular complexity index is 735. The molecule has 24 heavy (non-hydrogen) atoms. The fourth-order valence-corrected chi connectivity index (χ4v) is 3.22. The molecule has 6 heteroatoms. The summed E-state index contributed by atoms with van der Waals surface area (Å²) >= 11 is 0. The van der Waals surface area contributed by atoms with Crippen LogP contribution >= 0.6 is 0 Å². The van der Waals surface area contributed by atoms with Crippen LogP contribution in [0.25, 0.3) is 0 Å². The van der Waals surface area contributed by atoms with E-state index in [1.54, 1.807) is 12.4 Å². The van der Waals surface area contributed by atoms with E-state index in [0.29, 0.717) is 13.1 Å². The fraction of sp³-hybridized carbons (Fsp3) is 0.444. The normalized spacial score (nSPS) is 21.8. The number of hydrogen-bond donors (Lipinski definition) is 1. The van der Waals surface area contributed by atoms with Crippen LogP contribution in [0.15, 0.2) is 41.6 Å². The summed E-state index contributed by atoms with van der Waals surface area (Å²) < 4.78 is 7.68. The van der Waals surface area contributed by atoms with Crippen LogP contribution < -0.4 is 5.43 Å². The number of hydrogen-bond acceptors (Lipinski definition) is 5. The van der Waals surface area contributed by atoms with E-state index in [2.05, 4.69) is 23.7 Å². The first kappa shape index (κ1) is 16.7. The van der Waals surface area contributed by atoms with Crippen LogP contribution in [0.5, 0.6) is 5.75 Å². The molecule has 6 nitrogen and oxygen atoms in total. The minimum absolute atomic E-state index is 0.171. The lowest BCUT2D eigenvalue weighted by Crippen LogP contribution is -2.45. The molecule has 1 saturated heterocycles. The molecule has 2 aromatic rings. The van der Waals surface area contributed by atoms with Crippen molar-refractivity contribution in [3.05, 3.63) is 58.3 Å². The second-order valence-electron chi connectivity index (χ2n) is 6.45. The Morgan fingerprint density at radius 2 is 2.04 bits per heavy atom. The molecule has 0 bridgehead atoms. The first-order valence-corrected chi connectivity index (χ1v) is 8.20. The van der Waals surface area contributed by atoms with E-state index in [1.165, 1.54) is 12.3 Å². The third kappa shape index (κ3) is 4.01. The molecule has 1 fully saturated rings. The summed E-state index contributed by atoms with van der Waals surface area (Å²) in [6, 6.07) is 5.38. The second-order valence-corrected chi connectivity index (χ2v) is 6.45. The highest BCUT2D eigenvalue weighted by Crippen LogP contribution is 2.16. The Hall–Kier alpha value is -2.18. The molecule has 0 aliphatic carbocycles. The van der Waals surface area contributed by atoms with Crippen molar-refractivity contribution in [2.45, 2.75) is 39.1 Å². The van der Waals surface area contributed by atoms with Crippen molar-refractivity contribution in [1.29, 1.82) is 0 Å². The molecular formula is C18H23N3O3. The van der Waals surface area contributed by atoms with Crippen molar-refractivity contribution in [1.82, 2.24) is 14.5 Å². The number of aromatic hydroxyl groups is 1. The molecule has 0 aromatic carbocycles.